The molecule has 0 fully saturated rings. The highest BCUT2D eigenvalue weighted by Gasteiger charge is 2.18. The van der Waals surface area contributed by atoms with Gasteiger partial charge >= 0.3 is 5.63 Å². The van der Waals surface area contributed by atoms with Gasteiger partial charge in [0.25, 0.3) is 5.91 Å². The molecule has 0 saturated heterocycles. The molecule has 0 radical (unpaired) electrons. The summed E-state index contributed by atoms with van der Waals surface area (Å²) in [7, 11) is 1.60. The second-order valence-electron chi connectivity index (χ2n) is 6.85. The third-order valence-electron chi connectivity index (χ3n) is 4.72. The third-order valence-corrected chi connectivity index (χ3v) is 5.74. The van der Waals surface area contributed by atoms with Gasteiger partial charge in [-0.3, -0.25) is 4.79 Å². The first-order valence-electron chi connectivity index (χ1n) is 9.38. The average molecular weight is 432 g/mol. The largest absolute Gasteiger partial charge is 0.497 e. The number of methoxy groups -OCH3 is 1. The molecule has 154 valence electrons. The quantitative estimate of drug-likeness (QED) is 0.428. The SMILES string of the molecule is COc1ccc2sc(-n3nc(C)cc3NC(=O)c3cc4ccccc4oc3=O)nc2c1. The van der Waals surface area contributed by atoms with Crippen molar-refractivity contribution in [2.24, 2.45) is 0 Å². The Balaban J connectivity index is 1.52. The number of hydrogen-bond donors (Lipinski definition) is 1. The van der Waals surface area contributed by atoms with E-state index < -0.39 is 11.5 Å². The van der Waals surface area contributed by atoms with Gasteiger partial charge in [0.05, 0.1) is 23.0 Å². The summed E-state index contributed by atoms with van der Waals surface area (Å²) < 4.78 is 13.0. The molecule has 3 aromatic heterocycles. The fraction of sp³-hybridized carbons (Fsp3) is 0.0909. The van der Waals surface area contributed by atoms with Gasteiger partial charge in [0.1, 0.15) is 22.7 Å². The van der Waals surface area contributed by atoms with E-state index in [1.807, 2.05) is 31.2 Å². The topological polar surface area (TPSA) is 99.2 Å². The number of amides is 1. The summed E-state index contributed by atoms with van der Waals surface area (Å²) in [6, 6.07) is 15.9. The Morgan fingerprint density at radius 1 is 1.16 bits per heavy atom. The number of para-hydroxylation sites is 1. The van der Waals surface area contributed by atoms with Gasteiger partial charge in [0, 0.05) is 17.5 Å². The zero-order valence-corrected chi connectivity index (χ0v) is 17.4. The van der Waals surface area contributed by atoms with Crippen molar-refractivity contribution in [2.45, 2.75) is 6.92 Å². The molecule has 31 heavy (non-hydrogen) atoms. The number of hydrogen-bond acceptors (Lipinski definition) is 7. The van der Waals surface area contributed by atoms with Crippen LogP contribution < -0.4 is 15.7 Å². The maximum Gasteiger partial charge on any atom is 0.349 e. The maximum absolute atomic E-state index is 12.9. The maximum atomic E-state index is 12.9. The van der Waals surface area contributed by atoms with E-state index in [2.05, 4.69) is 15.4 Å². The standard InChI is InChI=1S/C22H16N4O4S/c1-12-9-19(24-20(27)15-10-13-5-3-4-6-17(13)30-21(15)28)26(25-12)22-23-16-11-14(29-2)7-8-18(16)31-22/h3-11H,1-2H3,(H,24,27). The number of carbonyl (C=O) groups is 1. The van der Waals surface area contributed by atoms with Crippen LogP contribution in [0.1, 0.15) is 16.1 Å². The molecule has 0 aliphatic rings. The summed E-state index contributed by atoms with van der Waals surface area (Å²) >= 11 is 1.43. The Hall–Kier alpha value is -3.98. The summed E-state index contributed by atoms with van der Waals surface area (Å²) in [5, 5.41) is 8.46. The number of aromatic nitrogens is 3. The summed E-state index contributed by atoms with van der Waals surface area (Å²) in [6.07, 6.45) is 0. The Morgan fingerprint density at radius 3 is 2.84 bits per heavy atom. The Bertz CT molecular complexity index is 1520. The molecule has 2 aromatic carbocycles. The van der Waals surface area contributed by atoms with Crippen molar-refractivity contribution in [3.8, 4) is 10.9 Å². The predicted octanol–water partition coefficient (Wildman–Crippen LogP) is 4.16. The van der Waals surface area contributed by atoms with Crippen molar-refractivity contribution >= 4 is 44.2 Å². The molecular weight excluding hydrogens is 416 g/mol. The number of ether oxygens (including phenoxy) is 1. The molecule has 8 nitrogen and oxygen atoms in total. The van der Waals surface area contributed by atoms with E-state index in [1.165, 1.54) is 17.4 Å². The molecule has 5 aromatic rings. The number of carbonyl (C=O) groups excluding carboxylic acids is 1. The van der Waals surface area contributed by atoms with Gasteiger partial charge in [0.2, 0.25) is 5.13 Å². The fourth-order valence-corrected chi connectivity index (χ4v) is 4.16. The van der Waals surface area contributed by atoms with Crippen LogP contribution in [-0.2, 0) is 0 Å². The van der Waals surface area contributed by atoms with Crippen molar-refractivity contribution < 1.29 is 13.9 Å². The number of aryl methyl sites for hydroxylation is 1. The van der Waals surface area contributed by atoms with Gasteiger partial charge in [-0.2, -0.15) is 9.78 Å². The first-order chi connectivity index (χ1) is 15.0. The minimum absolute atomic E-state index is 0.0851. The summed E-state index contributed by atoms with van der Waals surface area (Å²) in [4.78, 5) is 29.8. The number of rotatable bonds is 4. The minimum Gasteiger partial charge on any atom is -0.497 e. The lowest BCUT2D eigenvalue weighted by molar-refractivity contribution is 0.102. The number of nitrogens with one attached hydrogen (secondary N) is 1. The molecule has 0 saturated carbocycles. The van der Waals surface area contributed by atoms with Crippen molar-refractivity contribution in [3.05, 3.63) is 76.3 Å². The zero-order chi connectivity index (χ0) is 21.5. The van der Waals surface area contributed by atoms with Crippen LogP contribution in [0.3, 0.4) is 0 Å². The average Bonchev–Trinajstić information content (AvgIpc) is 3.35. The van der Waals surface area contributed by atoms with E-state index in [1.54, 1.807) is 36.1 Å². The van der Waals surface area contributed by atoms with Gasteiger partial charge in [-0.25, -0.2) is 9.78 Å². The molecule has 3 heterocycles. The smallest absolute Gasteiger partial charge is 0.349 e. The normalized spacial score (nSPS) is 11.2. The van der Waals surface area contributed by atoms with E-state index in [0.29, 0.717) is 33.4 Å². The first kappa shape index (κ1) is 19.0. The van der Waals surface area contributed by atoms with Crippen LogP contribution in [-0.4, -0.2) is 27.8 Å². The second kappa shape index (κ2) is 7.37. The van der Waals surface area contributed by atoms with E-state index in [0.717, 1.165) is 10.2 Å². The summed E-state index contributed by atoms with van der Waals surface area (Å²) in [6.45, 7) is 1.81. The lowest BCUT2D eigenvalue weighted by Crippen LogP contribution is -2.22. The van der Waals surface area contributed by atoms with Crippen LogP contribution in [0, 0.1) is 6.92 Å². The van der Waals surface area contributed by atoms with Gasteiger partial charge in [-0.1, -0.05) is 29.5 Å². The number of benzene rings is 2. The molecular formula is C22H16N4O4S. The molecule has 0 unspecified atom stereocenters. The highest BCUT2D eigenvalue weighted by molar-refractivity contribution is 7.20. The predicted molar refractivity (Wildman–Crippen MR) is 118 cm³/mol. The highest BCUT2D eigenvalue weighted by atomic mass is 32.1. The van der Waals surface area contributed by atoms with Gasteiger partial charge in [0.15, 0.2) is 0 Å². The Morgan fingerprint density at radius 2 is 2.00 bits per heavy atom. The molecule has 0 aliphatic heterocycles. The molecule has 9 heteroatoms. The molecule has 0 atom stereocenters. The van der Waals surface area contributed by atoms with Crippen LogP contribution in [0.25, 0.3) is 26.3 Å². The van der Waals surface area contributed by atoms with Crippen LogP contribution in [0.2, 0.25) is 0 Å². The number of thiazole rings is 1. The van der Waals surface area contributed by atoms with Gasteiger partial charge in [-0.05, 0) is 31.2 Å². The number of nitrogens with zero attached hydrogens (tertiary/aromatic N) is 3. The van der Waals surface area contributed by atoms with Crippen LogP contribution in [0.4, 0.5) is 5.82 Å². The van der Waals surface area contributed by atoms with E-state index >= 15 is 0 Å². The van der Waals surface area contributed by atoms with Crippen molar-refractivity contribution in [2.75, 3.05) is 12.4 Å². The summed E-state index contributed by atoms with van der Waals surface area (Å²) in [5.74, 6) is 0.530. The Labute approximate surface area is 179 Å². The highest BCUT2D eigenvalue weighted by Crippen LogP contribution is 2.29. The van der Waals surface area contributed by atoms with Crippen molar-refractivity contribution in [1.82, 2.24) is 14.8 Å². The Kier molecular flexibility index (Phi) is 4.52. The van der Waals surface area contributed by atoms with Crippen LogP contribution in [0.15, 0.2) is 63.8 Å². The minimum atomic E-state index is -0.703. The lowest BCUT2D eigenvalue weighted by atomic mass is 10.2. The molecule has 5 rings (SSSR count). The lowest BCUT2D eigenvalue weighted by Gasteiger charge is -2.06. The van der Waals surface area contributed by atoms with Crippen LogP contribution in [0.5, 0.6) is 5.75 Å². The zero-order valence-electron chi connectivity index (χ0n) is 16.6. The van der Waals surface area contributed by atoms with E-state index in [9.17, 15) is 9.59 Å². The second-order valence-corrected chi connectivity index (χ2v) is 7.86. The molecule has 1 N–H and O–H groups in total. The van der Waals surface area contributed by atoms with E-state index in [-0.39, 0.29) is 5.56 Å². The molecule has 0 aliphatic carbocycles. The number of fused-ring (bicyclic) bond motifs is 2. The molecule has 0 bridgehead atoms. The fourth-order valence-electron chi connectivity index (χ4n) is 3.25. The molecule has 1 amide bonds. The number of anilines is 1. The van der Waals surface area contributed by atoms with Crippen LogP contribution >= 0.6 is 11.3 Å². The molecule has 0 spiro atoms. The third kappa shape index (κ3) is 3.44. The van der Waals surface area contributed by atoms with Gasteiger partial charge < -0.3 is 14.5 Å². The first-order valence-corrected chi connectivity index (χ1v) is 10.2. The summed E-state index contributed by atoms with van der Waals surface area (Å²) in [5.41, 5.74) is 1.09. The van der Waals surface area contributed by atoms with Gasteiger partial charge in [-0.15, -0.1) is 0 Å². The van der Waals surface area contributed by atoms with E-state index in [4.69, 9.17) is 9.15 Å². The van der Waals surface area contributed by atoms with Crippen molar-refractivity contribution in [1.29, 1.82) is 0 Å². The monoisotopic (exact) mass is 432 g/mol. The van der Waals surface area contributed by atoms with Crippen molar-refractivity contribution in [3.63, 3.8) is 0 Å².